The molecule has 0 saturated carbocycles. The fraction of sp³-hybridized carbons (Fsp3) is 0.545. The van der Waals surface area contributed by atoms with Crippen LogP contribution >= 0.6 is 11.8 Å². The maximum atomic E-state index is 5.23. The number of nitrogens with zero attached hydrogens (tertiary/aromatic N) is 4. The third kappa shape index (κ3) is 2.09. The van der Waals surface area contributed by atoms with Crippen molar-refractivity contribution in [1.82, 2.24) is 19.5 Å². The van der Waals surface area contributed by atoms with E-state index >= 15 is 0 Å². The number of thioether (sulfide) groups is 1. The first-order valence-electron chi connectivity index (χ1n) is 5.92. The highest BCUT2D eigenvalue weighted by atomic mass is 32.2. The van der Waals surface area contributed by atoms with Crippen LogP contribution in [0.5, 0.6) is 0 Å². The smallest absolute Gasteiger partial charge is 0.164 e. The minimum Gasteiger partial charge on any atom is -0.372 e. The molecule has 0 aromatic carbocycles. The minimum atomic E-state index is 0.327. The van der Waals surface area contributed by atoms with E-state index in [0.29, 0.717) is 12.2 Å². The Morgan fingerprint density at radius 3 is 2.83 bits per heavy atom. The quantitative estimate of drug-likeness (QED) is 0.450. The lowest BCUT2D eigenvalue weighted by Crippen LogP contribution is -2.03. The molecule has 0 spiro atoms. The van der Waals surface area contributed by atoms with Gasteiger partial charge in [0.1, 0.15) is 16.9 Å². The van der Waals surface area contributed by atoms with Crippen molar-refractivity contribution < 1.29 is 9.47 Å². The highest BCUT2D eigenvalue weighted by Gasteiger charge is 2.25. The predicted octanol–water partition coefficient (Wildman–Crippen LogP) is 0.716. The van der Waals surface area contributed by atoms with Crippen LogP contribution in [0.3, 0.4) is 0 Å². The molecule has 2 saturated heterocycles. The number of hydrogen-bond acceptors (Lipinski definition) is 6. The normalized spacial score (nSPS) is 25.6. The molecule has 2 aromatic heterocycles. The molecule has 2 aromatic rings. The van der Waals surface area contributed by atoms with Crippen LogP contribution in [0, 0.1) is 0 Å². The van der Waals surface area contributed by atoms with Gasteiger partial charge in [0.25, 0.3) is 0 Å². The zero-order chi connectivity index (χ0) is 11.9. The lowest BCUT2D eigenvalue weighted by Gasteiger charge is -2.01. The summed E-state index contributed by atoms with van der Waals surface area (Å²) in [6, 6.07) is 0. The Labute approximate surface area is 108 Å². The van der Waals surface area contributed by atoms with Crippen molar-refractivity contribution in [3.8, 4) is 0 Å². The first-order valence-corrected chi connectivity index (χ1v) is 6.90. The molecule has 0 aliphatic carbocycles. The molecule has 7 heteroatoms. The minimum absolute atomic E-state index is 0.327. The van der Waals surface area contributed by atoms with Crippen molar-refractivity contribution in [2.24, 2.45) is 0 Å². The maximum absolute atomic E-state index is 5.23. The number of ether oxygens (including phenoxy) is 2. The molecule has 0 radical (unpaired) electrons. The predicted molar refractivity (Wildman–Crippen MR) is 65.5 cm³/mol. The van der Waals surface area contributed by atoms with Gasteiger partial charge in [-0.3, -0.25) is 0 Å². The van der Waals surface area contributed by atoms with Gasteiger partial charge in [-0.25, -0.2) is 15.0 Å². The molecule has 2 fully saturated rings. The van der Waals surface area contributed by atoms with E-state index in [1.54, 1.807) is 18.1 Å². The van der Waals surface area contributed by atoms with E-state index in [9.17, 15) is 0 Å². The molecule has 0 amide bonds. The van der Waals surface area contributed by atoms with Crippen molar-refractivity contribution in [2.45, 2.75) is 23.8 Å². The summed E-state index contributed by atoms with van der Waals surface area (Å²) in [7, 11) is 0. The Kier molecular flexibility index (Phi) is 2.49. The maximum Gasteiger partial charge on any atom is 0.164 e. The molecule has 2 aliphatic rings. The van der Waals surface area contributed by atoms with Crippen molar-refractivity contribution in [1.29, 1.82) is 0 Å². The molecular formula is C11H12N4O2S. The molecule has 0 unspecified atom stereocenters. The lowest BCUT2D eigenvalue weighted by molar-refractivity contribution is 0.384. The van der Waals surface area contributed by atoms with Crippen LogP contribution < -0.4 is 0 Å². The van der Waals surface area contributed by atoms with Crippen LogP contribution in [0.15, 0.2) is 17.7 Å². The van der Waals surface area contributed by atoms with Crippen molar-refractivity contribution in [3.05, 3.63) is 12.7 Å². The number of fused-ring (bicyclic) bond motifs is 1. The van der Waals surface area contributed by atoms with Gasteiger partial charge < -0.3 is 14.0 Å². The van der Waals surface area contributed by atoms with Gasteiger partial charge in [-0.15, -0.1) is 11.8 Å². The Morgan fingerprint density at radius 1 is 1.22 bits per heavy atom. The zero-order valence-electron chi connectivity index (χ0n) is 9.65. The second-order valence-electron chi connectivity index (χ2n) is 4.47. The Bertz CT molecular complexity index is 579. The average Bonchev–Trinajstić information content (AvgIpc) is 3.28. The second kappa shape index (κ2) is 4.18. The highest BCUT2D eigenvalue weighted by Crippen LogP contribution is 2.27. The summed E-state index contributed by atoms with van der Waals surface area (Å²) in [6.45, 7) is 2.53. The molecule has 2 aliphatic heterocycles. The van der Waals surface area contributed by atoms with E-state index in [0.717, 1.165) is 41.7 Å². The van der Waals surface area contributed by atoms with Gasteiger partial charge in [-0.05, 0) is 0 Å². The summed E-state index contributed by atoms with van der Waals surface area (Å²) in [4.78, 5) is 13.0. The first-order chi connectivity index (χ1) is 8.90. The third-order valence-corrected chi connectivity index (χ3v) is 4.09. The molecule has 2 atom stereocenters. The average molecular weight is 264 g/mol. The summed E-state index contributed by atoms with van der Waals surface area (Å²) in [5.41, 5.74) is 1.77. The third-order valence-electron chi connectivity index (χ3n) is 2.98. The Morgan fingerprint density at radius 2 is 2.06 bits per heavy atom. The van der Waals surface area contributed by atoms with Gasteiger partial charge in [-0.2, -0.15) is 0 Å². The summed E-state index contributed by atoms with van der Waals surface area (Å²) in [5, 5.41) is 0.936. The van der Waals surface area contributed by atoms with Crippen LogP contribution in [0.2, 0.25) is 0 Å². The summed E-state index contributed by atoms with van der Waals surface area (Å²) in [6.07, 6.45) is 4.14. The Hall–Kier alpha value is -1.18. The van der Waals surface area contributed by atoms with E-state index in [4.69, 9.17) is 9.47 Å². The molecule has 4 heterocycles. The molecule has 94 valence electrons. The van der Waals surface area contributed by atoms with E-state index in [1.165, 1.54) is 0 Å². The number of epoxide rings is 2. The van der Waals surface area contributed by atoms with Gasteiger partial charge >= 0.3 is 0 Å². The standard InChI is InChI=1S/C11H12N4O2S/c1(7-2-16-7)15-6-14-9-10(15)12-5-13-11(9)18-4-8-3-17-8/h5-8H,1-4H2/t7-,8-/m0/s1. The van der Waals surface area contributed by atoms with Crippen LogP contribution in [0.1, 0.15) is 0 Å². The van der Waals surface area contributed by atoms with Gasteiger partial charge in [0.2, 0.25) is 0 Å². The molecule has 4 rings (SSSR count). The molecule has 0 bridgehead atoms. The summed E-state index contributed by atoms with van der Waals surface area (Å²) in [5.74, 6) is 0.935. The van der Waals surface area contributed by atoms with E-state index in [1.807, 2.05) is 10.9 Å². The number of aromatic nitrogens is 4. The molecule has 6 nitrogen and oxygen atoms in total. The fourth-order valence-electron chi connectivity index (χ4n) is 1.83. The molecule has 18 heavy (non-hydrogen) atoms. The monoisotopic (exact) mass is 264 g/mol. The lowest BCUT2D eigenvalue weighted by atomic mass is 10.4. The van der Waals surface area contributed by atoms with Crippen LogP contribution in [-0.4, -0.2) is 50.7 Å². The van der Waals surface area contributed by atoms with Crippen molar-refractivity contribution in [2.75, 3.05) is 19.0 Å². The zero-order valence-corrected chi connectivity index (χ0v) is 10.5. The molecule has 0 N–H and O–H groups in total. The van der Waals surface area contributed by atoms with Gasteiger partial charge in [0, 0.05) is 5.75 Å². The Balaban J connectivity index is 1.62. The van der Waals surface area contributed by atoms with Gasteiger partial charge in [0.15, 0.2) is 5.65 Å². The van der Waals surface area contributed by atoms with Gasteiger partial charge in [-0.1, -0.05) is 0 Å². The fourth-order valence-corrected chi connectivity index (χ4v) is 2.77. The number of imidazole rings is 1. The van der Waals surface area contributed by atoms with Crippen LogP contribution in [0.25, 0.3) is 11.2 Å². The second-order valence-corrected chi connectivity index (χ2v) is 5.48. The summed E-state index contributed by atoms with van der Waals surface area (Å²) >= 11 is 1.69. The van der Waals surface area contributed by atoms with E-state index in [-0.39, 0.29) is 0 Å². The number of rotatable bonds is 5. The number of hydrogen-bond donors (Lipinski definition) is 0. The van der Waals surface area contributed by atoms with Gasteiger partial charge in [0.05, 0.1) is 38.3 Å². The van der Waals surface area contributed by atoms with Crippen molar-refractivity contribution in [3.63, 3.8) is 0 Å². The van der Waals surface area contributed by atoms with Crippen molar-refractivity contribution >= 4 is 22.9 Å². The first kappa shape index (κ1) is 10.7. The van der Waals surface area contributed by atoms with E-state index < -0.39 is 0 Å². The van der Waals surface area contributed by atoms with Crippen LogP contribution in [-0.2, 0) is 16.0 Å². The largest absolute Gasteiger partial charge is 0.372 e. The molecular weight excluding hydrogens is 252 g/mol. The van der Waals surface area contributed by atoms with Crippen LogP contribution in [0.4, 0.5) is 0 Å². The summed E-state index contributed by atoms with van der Waals surface area (Å²) < 4.78 is 12.5. The highest BCUT2D eigenvalue weighted by molar-refractivity contribution is 7.99. The topological polar surface area (TPSA) is 68.7 Å². The van der Waals surface area contributed by atoms with E-state index in [2.05, 4.69) is 15.0 Å². The SMILES string of the molecule is c1nc(SC[C@@H]2CO2)c2ncn(C[C@H]3CO3)c2n1.